The summed E-state index contributed by atoms with van der Waals surface area (Å²) < 4.78 is 13.7. The number of thiazole rings is 1. The number of carbonyl (C=O) groups excluding carboxylic acids is 1. The van der Waals surface area contributed by atoms with Gasteiger partial charge in [-0.05, 0) is 54.1 Å². The number of nitrogens with one attached hydrogen (secondary N) is 1. The Morgan fingerprint density at radius 3 is 2.72 bits per heavy atom. The Bertz CT molecular complexity index is 1670. The molecule has 0 aliphatic rings. The third-order valence-corrected chi connectivity index (χ3v) is 6.53. The third kappa shape index (κ3) is 5.11. The van der Waals surface area contributed by atoms with Gasteiger partial charge in [0.2, 0.25) is 4.96 Å². The molecule has 2 aromatic carbocycles. The molecule has 1 amide bonds. The molecular formula is C25H18BrN5O4S. The van der Waals surface area contributed by atoms with Crippen LogP contribution in [0.3, 0.4) is 0 Å². The number of halogens is 1. The fourth-order valence-corrected chi connectivity index (χ4v) is 4.72. The van der Waals surface area contributed by atoms with Crippen LogP contribution in [0.25, 0.3) is 22.4 Å². The van der Waals surface area contributed by atoms with Gasteiger partial charge in [-0.2, -0.15) is 9.50 Å². The quantitative estimate of drug-likeness (QED) is 0.322. The van der Waals surface area contributed by atoms with Crippen molar-refractivity contribution in [3.8, 4) is 22.9 Å². The highest BCUT2D eigenvalue weighted by Gasteiger charge is 2.13. The molecule has 9 nitrogen and oxygen atoms in total. The van der Waals surface area contributed by atoms with E-state index in [1.165, 1.54) is 23.0 Å². The molecule has 1 N–H and O–H groups in total. The first kappa shape index (κ1) is 23.6. The number of benzene rings is 2. The second-order valence-corrected chi connectivity index (χ2v) is 9.46. The lowest BCUT2D eigenvalue weighted by molar-refractivity contribution is -0.118. The van der Waals surface area contributed by atoms with E-state index in [9.17, 15) is 9.59 Å². The number of hydrogen-bond donors (Lipinski definition) is 1. The maximum atomic E-state index is 12.9. The summed E-state index contributed by atoms with van der Waals surface area (Å²) in [6, 6.07) is 16.1. The molecule has 0 bridgehead atoms. The lowest BCUT2D eigenvalue weighted by atomic mass is 10.2. The molecule has 11 heteroatoms. The fraction of sp³-hybridized carbons (Fsp3) is 0.0800. The van der Waals surface area contributed by atoms with Crippen LogP contribution < -0.4 is 24.9 Å². The van der Waals surface area contributed by atoms with E-state index >= 15 is 0 Å². The molecule has 3 heterocycles. The Morgan fingerprint density at radius 2 is 1.97 bits per heavy atom. The molecule has 0 radical (unpaired) electrons. The number of anilines is 1. The summed E-state index contributed by atoms with van der Waals surface area (Å²) in [4.78, 5) is 34.1. The van der Waals surface area contributed by atoms with Crippen molar-refractivity contribution in [3.05, 3.63) is 91.9 Å². The molecule has 0 spiro atoms. The van der Waals surface area contributed by atoms with Crippen LogP contribution in [0.4, 0.5) is 5.69 Å². The largest absolute Gasteiger partial charge is 0.493 e. The van der Waals surface area contributed by atoms with Crippen molar-refractivity contribution in [1.82, 2.24) is 19.6 Å². The van der Waals surface area contributed by atoms with E-state index in [1.54, 1.807) is 60.9 Å². The molecule has 0 saturated heterocycles. The molecule has 0 atom stereocenters. The fourth-order valence-electron chi connectivity index (χ4n) is 3.41. The SMILES string of the molecule is COc1cc(/C=c2\sc3nc(-c4ccncc4)nn3c2=O)ccc1OCC(=O)Nc1cccc(Br)c1. The van der Waals surface area contributed by atoms with Crippen LogP contribution in [-0.4, -0.2) is 39.2 Å². The number of carbonyl (C=O) groups is 1. The molecule has 0 fully saturated rings. The minimum Gasteiger partial charge on any atom is -0.493 e. The van der Waals surface area contributed by atoms with Crippen molar-refractivity contribution in [3.63, 3.8) is 0 Å². The maximum Gasteiger partial charge on any atom is 0.291 e. The predicted molar refractivity (Wildman–Crippen MR) is 140 cm³/mol. The van der Waals surface area contributed by atoms with Gasteiger partial charge in [-0.1, -0.05) is 39.4 Å². The minimum absolute atomic E-state index is 0.190. The Morgan fingerprint density at radius 1 is 1.14 bits per heavy atom. The third-order valence-electron chi connectivity index (χ3n) is 5.07. The zero-order chi connectivity index (χ0) is 25.1. The number of amides is 1. The molecule has 0 aliphatic heterocycles. The molecule has 0 unspecified atom stereocenters. The Kier molecular flexibility index (Phi) is 6.74. The summed E-state index contributed by atoms with van der Waals surface area (Å²) in [5.41, 5.74) is 1.92. The monoisotopic (exact) mass is 563 g/mol. The van der Waals surface area contributed by atoms with Crippen molar-refractivity contribution in [2.24, 2.45) is 0 Å². The van der Waals surface area contributed by atoms with Gasteiger partial charge in [-0.3, -0.25) is 14.6 Å². The van der Waals surface area contributed by atoms with Gasteiger partial charge in [0, 0.05) is 28.1 Å². The molecule has 0 saturated carbocycles. The van der Waals surface area contributed by atoms with Crippen LogP contribution in [0.15, 0.2) is 76.3 Å². The van der Waals surface area contributed by atoms with Gasteiger partial charge in [0.1, 0.15) is 0 Å². The lowest BCUT2D eigenvalue weighted by Gasteiger charge is -2.11. The van der Waals surface area contributed by atoms with E-state index in [1.807, 2.05) is 12.1 Å². The average molecular weight is 564 g/mol. The van der Waals surface area contributed by atoms with Crippen LogP contribution in [0.1, 0.15) is 5.56 Å². The number of methoxy groups -OCH3 is 1. The first-order chi connectivity index (χ1) is 17.5. The van der Waals surface area contributed by atoms with Gasteiger partial charge in [0.15, 0.2) is 23.9 Å². The van der Waals surface area contributed by atoms with Crippen molar-refractivity contribution >= 4 is 49.9 Å². The van der Waals surface area contributed by atoms with Gasteiger partial charge in [-0.15, -0.1) is 5.10 Å². The second kappa shape index (κ2) is 10.3. The Hall–Kier alpha value is -4.09. The smallest absolute Gasteiger partial charge is 0.291 e. The molecule has 5 aromatic rings. The number of nitrogens with zero attached hydrogens (tertiary/aromatic N) is 4. The second-order valence-electron chi connectivity index (χ2n) is 7.54. The van der Waals surface area contributed by atoms with Crippen LogP contribution in [0.5, 0.6) is 11.5 Å². The van der Waals surface area contributed by atoms with Gasteiger partial charge < -0.3 is 14.8 Å². The average Bonchev–Trinajstić information content (AvgIpc) is 3.43. The summed E-state index contributed by atoms with van der Waals surface area (Å²) in [5, 5.41) is 7.11. The standard InChI is InChI=1S/C25H18BrN5O4S/c1-34-20-11-15(5-6-19(20)35-14-22(32)28-18-4-2-3-17(26)13-18)12-21-24(33)31-25(36-21)29-23(30-31)16-7-9-27-10-8-16/h2-13H,14H2,1H3,(H,28,32)/b21-12-. The van der Waals surface area contributed by atoms with Crippen LogP contribution in [-0.2, 0) is 4.79 Å². The lowest BCUT2D eigenvalue weighted by Crippen LogP contribution is -2.23. The predicted octanol–water partition coefficient (Wildman–Crippen LogP) is 3.55. The van der Waals surface area contributed by atoms with Gasteiger partial charge in [0.05, 0.1) is 11.6 Å². The van der Waals surface area contributed by atoms with Gasteiger partial charge >= 0.3 is 0 Å². The number of rotatable bonds is 7. The van der Waals surface area contributed by atoms with Gasteiger partial charge in [-0.25, -0.2) is 0 Å². The van der Waals surface area contributed by atoms with E-state index < -0.39 is 0 Å². The summed E-state index contributed by atoms with van der Waals surface area (Å²) in [6.45, 7) is -0.190. The number of ether oxygens (including phenoxy) is 2. The molecular weight excluding hydrogens is 546 g/mol. The van der Waals surface area contributed by atoms with E-state index in [0.717, 1.165) is 15.6 Å². The van der Waals surface area contributed by atoms with Crippen molar-refractivity contribution < 1.29 is 14.3 Å². The molecule has 0 aliphatic carbocycles. The Balaban J connectivity index is 1.33. The highest BCUT2D eigenvalue weighted by molar-refractivity contribution is 9.10. The molecule has 3 aromatic heterocycles. The molecule has 36 heavy (non-hydrogen) atoms. The first-order valence-corrected chi connectivity index (χ1v) is 12.3. The molecule has 5 rings (SSSR count). The maximum absolute atomic E-state index is 12.9. The molecule has 180 valence electrons. The van der Waals surface area contributed by atoms with Crippen molar-refractivity contribution in [2.75, 3.05) is 19.0 Å². The van der Waals surface area contributed by atoms with E-state index in [2.05, 4.69) is 36.3 Å². The van der Waals surface area contributed by atoms with Crippen LogP contribution in [0, 0.1) is 0 Å². The zero-order valence-corrected chi connectivity index (χ0v) is 21.2. The van der Waals surface area contributed by atoms with Gasteiger partial charge in [0.25, 0.3) is 11.5 Å². The Labute approximate surface area is 217 Å². The van der Waals surface area contributed by atoms with E-state index in [0.29, 0.717) is 32.5 Å². The minimum atomic E-state index is -0.303. The van der Waals surface area contributed by atoms with Crippen molar-refractivity contribution in [1.29, 1.82) is 0 Å². The highest BCUT2D eigenvalue weighted by atomic mass is 79.9. The topological polar surface area (TPSA) is 108 Å². The first-order valence-electron chi connectivity index (χ1n) is 10.7. The van der Waals surface area contributed by atoms with E-state index in [-0.39, 0.29) is 18.1 Å². The number of pyridine rings is 1. The van der Waals surface area contributed by atoms with E-state index in [4.69, 9.17) is 9.47 Å². The number of hydrogen-bond acceptors (Lipinski definition) is 8. The summed E-state index contributed by atoms with van der Waals surface area (Å²) in [5.74, 6) is 1.01. The zero-order valence-electron chi connectivity index (χ0n) is 18.8. The summed E-state index contributed by atoms with van der Waals surface area (Å²) >= 11 is 4.62. The number of aromatic nitrogens is 4. The number of fused-ring (bicyclic) bond motifs is 1. The van der Waals surface area contributed by atoms with Crippen LogP contribution >= 0.6 is 27.3 Å². The van der Waals surface area contributed by atoms with Crippen LogP contribution in [0.2, 0.25) is 0 Å². The normalized spacial score (nSPS) is 11.6. The summed E-state index contributed by atoms with van der Waals surface area (Å²) in [6.07, 6.45) is 5.04. The van der Waals surface area contributed by atoms with Crippen molar-refractivity contribution in [2.45, 2.75) is 0 Å². The highest BCUT2D eigenvalue weighted by Crippen LogP contribution is 2.28. The summed E-state index contributed by atoms with van der Waals surface area (Å²) in [7, 11) is 1.51.